The molecule has 1 aromatic carbocycles. The van der Waals surface area contributed by atoms with Crippen LogP contribution in [0.2, 0.25) is 0 Å². The minimum atomic E-state index is -0.203. The molecule has 0 bridgehead atoms. The van der Waals surface area contributed by atoms with Crippen LogP contribution in [-0.2, 0) is 20.0 Å². The lowest BCUT2D eigenvalue weighted by molar-refractivity contribution is 0.0950. The second-order valence-corrected chi connectivity index (χ2v) is 4.81. The summed E-state index contributed by atoms with van der Waals surface area (Å²) in [5.41, 5.74) is 3.20. The molecular weight excluding hydrogens is 254 g/mol. The quantitative estimate of drug-likeness (QED) is 0.894. The number of aromatic hydroxyl groups is 1. The Kier molecular flexibility index (Phi) is 4.08. The van der Waals surface area contributed by atoms with E-state index in [9.17, 15) is 9.90 Å². The van der Waals surface area contributed by atoms with Crippen LogP contribution in [0.3, 0.4) is 0 Å². The molecule has 1 amide bonds. The summed E-state index contributed by atoms with van der Waals surface area (Å²) in [6, 6.07) is 4.91. The molecule has 5 nitrogen and oxygen atoms in total. The third kappa shape index (κ3) is 2.99. The van der Waals surface area contributed by atoms with Crippen LogP contribution in [0.5, 0.6) is 5.75 Å². The zero-order chi connectivity index (χ0) is 14.7. The molecule has 0 saturated heterocycles. The zero-order valence-corrected chi connectivity index (χ0v) is 12.0. The number of aromatic nitrogens is 2. The van der Waals surface area contributed by atoms with Gasteiger partial charge in [-0.3, -0.25) is 9.48 Å². The number of hydrogen-bond donors (Lipinski definition) is 2. The van der Waals surface area contributed by atoms with Gasteiger partial charge in [-0.05, 0) is 31.0 Å². The van der Waals surface area contributed by atoms with Crippen molar-refractivity contribution in [3.8, 4) is 5.75 Å². The number of benzene rings is 1. The van der Waals surface area contributed by atoms with Crippen molar-refractivity contribution in [2.24, 2.45) is 7.05 Å². The number of carbonyl (C=O) groups excluding carboxylic acids is 1. The van der Waals surface area contributed by atoms with Gasteiger partial charge in [0.05, 0.1) is 5.69 Å². The highest BCUT2D eigenvalue weighted by Crippen LogP contribution is 2.17. The molecular formula is C15H19N3O2. The lowest BCUT2D eigenvalue weighted by atomic mass is 10.1. The summed E-state index contributed by atoms with van der Waals surface area (Å²) in [4.78, 5) is 12.0. The smallest absolute Gasteiger partial charge is 0.251 e. The summed E-state index contributed by atoms with van der Waals surface area (Å²) in [6.45, 7) is 4.26. The zero-order valence-electron chi connectivity index (χ0n) is 12.0. The predicted molar refractivity (Wildman–Crippen MR) is 76.6 cm³/mol. The van der Waals surface area contributed by atoms with E-state index in [1.165, 1.54) is 6.07 Å². The van der Waals surface area contributed by atoms with Crippen molar-refractivity contribution in [3.05, 3.63) is 46.8 Å². The standard InChI is InChI=1S/C15H19N3O2/c1-4-13-12(9-18(3)17-13)8-16-15(20)11-6-5-10(2)14(19)7-11/h5-7,9,19H,4,8H2,1-3H3,(H,16,20). The first-order chi connectivity index (χ1) is 9.51. The van der Waals surface area contributed by atoms with Crippen molar-refractivity contribution in [3.63, 3.8) is 0 Å². The molecule has 20 heavy (non-hydrogen) atoms. The number of rotatable bonds is 4. The van der Waals surface area contributed by atoms with Gasteiger partial charge in [-0.2, -0.15) is 5.10 Å². The van der Waals surface area contributed by atoms with Gasteiger partial charge in [0.25, 0.3) is 5.91 Å². The summed E-state index contributed by atoms with van der Waals surface area (Å²) in [6.07, 6.45) is 2.74. The Labute approximate surface area is 118 Å². The van der Waals surface area contributed by atoms with Gasteiger partial charge in [0.2, 0.25) is 0 Å². The van der Waals surface area contributed by atoms with E-state index in [0.29, 0.717) is 12.1 Å². The lowest BCUT2D eigenvalue weighted by Gasteiger charge is -2.06. The van der Waals surface area contributed by atoms with E-state index in [-0.39, 0.29) is 11.7 Å². The monoisotopic (exact) mass is 273 g/mol. The van der Waals surface area contributed by atoms with E-state index in [1.54, 1.807) is 23.7 Å². The van der Waals surface area contributed by atoms with Crippen LogP contribution in [0.1, 0.15) is 34.1 Å². The minimum Gasteiger partial charge on any atom is -0.508 e. The molecule has 2 N–H and O–H groups in total. The number of phenols is 1. The van der Waals surface area contributed by atoms with Gasteiger partial charge in [0, 0.05) is 30.9 Å². The van der Waals surface area contributed by atoms with Crippen LogP contribution < -0.4 is 5.32 Å². The Hall–Kier alpha value is -2.30. The fraction of sp³-hybridized carbons (Fsp3) is 0.333. The largest absolute Gasteiger partial charge is 0.508 e. The number of carbonyl (C=O) groups is 1. The molecule has 5 heteroatoms. The van der Waals surface area contributed by atoms with Crippen molar-refractivity contribution in [2.45, 2.75) is 26.8 Å². The van der Waals surface area contributed by atoms with Gasteiger partial charge in [0.1, 0.15) is 5.75 Å². The molecule has 1 heterocycles. The highest BCUT2D eigenvalue weighted by atomic mass is 16.3. The maximum Gasteiger partial charge on any atom is 0.251 e. The molecule has 0 unspecified atom stereocenters. The number of amides is 1. The molecule has 106 valence electrons. The van der Waals surface area contributed by atoms with Crippen LogP contribution in [-0.4, -0.2) is 20.8 Å². The number of nitrogens with zero attached hydrogens (tertiary/aromatic N) is 2. The lowest BCUT2D eigenvalue weighted by Crippen LogP contribution is -2.23. The van der Waals surface area contributed by atoms with Gasteiger partial charge in [-0.1, -0.05) is 13.0 Å². The van der Waals surface area contributed by atoms with Crippen molar-refractivity contribution >= 4 is 5.91 Å². The van der Waals surface area contributed by atoms with Crippen LogP contribution in [0.4, 0.5) is 0 Å². The summed E-state index contributed by atoms with van der Waals surface area (Å²) in [7, 11) is 1.86. The fourth-order valence-corrected chi connectivity index (χ4v) is 2.06. The Morgan fingerprint density at radius 1 is 1.45 bits per heavy atom. The van der Waals surface area contributed by atoms with E-state index >= 15 is 0 Å². The second kappa shape index (κ2) is 5.77. The number of aryl methyl sites for hydroxylation is 3. The van der Waals surface area contributed by atoms with Crippen LogP contribution in [0.25, 0.3) is 0 Å². The van der Waals surface area contributed by atoms with Crippen molar-refractivity contribution < 1.29 is 9.90 Å². The Balaban J connectivity index is 2.06. The Bertz CT molecular complexity index is 632. The van der Waals surface area contributed by atoms with E-state index in [4.69, 9.17) is 0 Å². The van der Waals surface area contributed by atoms with E-state index in [1.807, 2.05) is 20.2 Å². The topological polar surface area (TPSA) is 67.2 Å². The molecule has 0 atom stereocenters. The average Bonchev–Trinajstić information content (AvgIpc) is 2.79. The second-order valence-electron chi connectivity index (χ2n) is 4.81. The number of phenolic OH excluding ortho intramolecular Hbond substituents is 1. The van der Waals surface area contributed by atoms with Gasteiger partial charge < -0.3 is 10.4 Å². The molecule has 0 saturated carbocycles. The molecule has 0 spiro atoms. The summed E-state index contributed by atoms with van der Waals surface area (Å²) in [5.74, 6) is -0.0699. The minimum absolute atomic E-state index is 0.133. The van der Waals surface area contributed by atoms with E-state index in [0.717, 1.165) is 23.2 Å². The van der Waals surface area contributed by atoms with Crippen LogP contribution in [0, 0.1) is 6.92 Å². The summed E-state index contributed by atoms with van der Waals surface area (Å²) >= 11 is 0. The highest BCUT2D eigenvalue weighted by Gasteiger charge is 2.10. The van der Waals surface area contributed by atoms with Crippen molar-refractivity contribution in [2.75, 3.05) is 0 Å². The van der Waals surface area contributed by atoms with Crippen molar-refractivity contribution in [1.82, 2.24) is 15.1 Å². The molecule has 1 aromatic heterocycles. The first kappa shape index (κ1) is 14.1. The number of nitrogens with one attached hydrogen (secondary N) is 1. The van der Waals surface area contributed by atoms with Crippen molar-refractivity contribution in [1.29, 1.82) is 0 Å². The SMILES string of the molecule is CCc1nn(C)cc1CNC(=O)c1ccc(C)c(O)c1. The highest BCUT2D eigenvalue weighted by molar-refractivity contribution is 5.94. The molecule has 0 fully saturated rings. The molecule has 0 aliphatic heterocycles. The van der Waals surface area contributed by atoms with Crippen LogP contribution >= 0.6 is 0 Å². The molecule has 0 aliphatic rings. The third-order valence-electron chi connectivity index (χ3n) is 3.24. The molecule has 0 radical (unpaired) electrons. The molecule has 2 aromatic rings. The number of hydrogen-bond acceptors (Lipinski definition) is 3. The van der Waals surface area contributed by atoms with Gasteiger partial charge in [-0.15, -0.1) is 0 Å². The van der Waals surface area contributed by atoms with Crippen LogP contribution in [0.15, 0.2) is 24.4 Å². The fourth-order valence-electron chi connectivity index (χ4n) is 2.06. The average molecular weight is 273 g/mol. The normalized spacial score (nSPS) is 10.6. The first-order valence-corrected chi connectivity index (χ1v) is 6.60. The summed E-state index contributed by atoms with van der Waals surface area (Å²) in [5, 5.41) is 16.8. The third-order valence-corrected chi connectivity index (χ3v) is 3.24. The van der Waals surface area contributed by atoms with Gasteiger partial charge in [-0.25, -0.2) is 0 Å². The van der Waals surface area contributed by atoms with E-state index in [2.05, 4.69) is 10.4 Å². The Morgan fingerprint density at radius 2 is 2.20 bits per heavy atom. The molecule has 0 aliphatic carbocycles. The van der Waals surface area contributed by atoms with E-state index < -0.39 is 0 Å². The first-order valence-electron chi connectivity index (χ1n) is 6.60. The predicted octanol–water partition coefficient (Wildman–Crippen LogP) is 1.93. The Morgan fingerprint density at radius 3 is 2.85 bits per heavy atom. The van der Waals surface area contributed by atoms with Gasteiger partial charge >= 0.3 is 0 Å². The maximum atomic E-state index is 12.0. The molecule has 2 rings (SSSR count). The van der Waals surface area contributed by atoms with Gasteiger partial charge in [0.15, 0.2) is 0 Å². The summed E-state index contributed by atoms with van der Waals surface area (Å²) < 4.78 is 1.75. The maximum absolute atomic E-state index is 12.0.